The normalized spacial score (nSPS) is 18.1. The largest absolute Gasteiger partial charge is 0.488 e. The minimum Gasteiger partial charge on any atom is -0.488 e. The maximum Gasteiger partial charge on any atom is 0.224 e. The first-order valence-corrected chi connectivity index (χ1v) is 10.9. The van der Waals surface area contributed by atoms with Crippen molar-refractivity contribution in [1.29, 1.82) is 0 Å². The van der Waals surface area contributed by atoms with Crippen molar-refractivity contribution in [3.05, 3.63) is 59.2 Å². The van der Waals surface area contributed by atoms with Crippen LogP contribution in [-0.4, -0.2) is 36.5 Å². The van der Waals surface area contributed by atoms with E-state index in [1.165, 1.54) is 16.7 Å². The van der Waals surface area contributed by atoms with Gasteiger partial charge in [0.05, 0.1) is 0 Å². The summed E-state index contributed by atoms with van der Waals surface area (Å²) in [5, 5.41) is 2.92. The minimum absolute atomic E-state index is 0.103. The predicted molar refractivity (Wildman–Crippen MR) is 118 cm³/mol. The number of hydrogen-bond donors (Lipinski definition) is 1. The highest BCUT2D eigenvalue weighted by Gasteiger charge is 2.29. The van der Waals surface area contributed by atoms with Crippen molar-refractivity contribution in [1.82, 2.24) is 4.90 Å². The highest BCUT2D eigenvalue weighted by Crippen LogP contribution is 2.28. The zero-order valence-electron chi connectivity index (χ0n) is 17.8. The second kappa shape index (κ2) is 8.58. The summed E-state index contributed by atoms with van der Waals surface area (Å²) < 4.78 is 6.15. The summed E-state index contributed by atoms with van der Waals surface area (Å²) in [5.41, 5.74) is 4.94. The van der Waals surface area contributed by atoms with Gasteiger partial charge in [-0.15, -0.1) is 0 Å². The van der Waals surface area contributed by atoms with Crippen LogP contribution in [0.4, 0.5) is 5.69 Å². The summed E-state index contributed by atoms with van der Waals surface area (Å²) in [7, 11) is 0. The summed E-state index contributed by atoms with van der Waals surface area (Å²) >= 11 is 0. The standard InChI is InChI=1S/C25H32N2O2/c1-17(2)20-6-4-19(5-7-20)12-18(3)14-27-15-23(16-27)29-22-9-10-24-21(13-22)8-11-25(28)26-24/h4-7,9-10,13,17-18,23H,8,11-12,14-16H2,1-3H3,(H,26,28). The van der Waals surface area contributed by atoms with Crippen LogP contribution in [0.5, 0.6) is 5.75 Å². The Morgan fingerprint density at radius 1 is 1.07 bits per heavy atom. The molecule has 1 fully saturated rings. The second-order valence-electron chi connectivity index (χ2n) is 9.03. The molecule has 0 spiro atoms. The van der Waals surface area contributed by atoms with Gasteiger partial charge in [-0.25, -0.2) is 0 Å². The van der Waals surface area contributed by atoms with Crippen molar-refractivity contribution >= 4 is 11.6 Å². The Morgan fingerprint density at radius 2 is 1.83 bits per heavy atom. The molecule has 1 amide bonds. The Morgan fingerprint density at radius 3 is 2.55 bits per heavy atom. The van der Waals surface area contributed by atoms with E-state index in [-0.39, 0.29) is 12.0 Å². The zero-order chi connectivity index (χ0) is 20.4. The SMILES string of the molecule is CC(Cc1ccc(C(C)C)cc1)CN1CC(Oc2ccc3c(c2)CCC(=O)N3)C1. The average molecular weight is 393 g/mol. The van der Waals surface area contributed by atoms with E-state index in [1.807, 2.05) is 12.1 Å². The zero-order valence-corrected chi connectivity index (χ0v) is 17.8. The van der Waals surface area contributed by atoms with Gasteiger partial charge in [-0.2, -0.15) is 0 Å². The summed E-state index contributed by atoms with van der Waals surface area (Å²) in [4.78, 5) is 14.0. The first kappa shape index (κ1) is 20.0. The van der Waals surface area contributed by atoms with Crippen LogP contribution in [-0.2, 0) is 17.6 Å². The Hall–Kier alpha value is -2.33. The molecule has 1 saturated heterocycles. The molecule has 154 valence electrons. The van der Waals surface area contributed by atoms with Gasteiger partial charge in [0.1, 0.15) is 11.9 Å². The molecule has 29 heavy (non-hydrogen) atoms. The molecule has 2 aromatic carbocycles. The molecular formula is C25H32N2O2. The second-order valence-corrected chi connectivity index (χ2v) is 9.03. The molecule has 0 aliphatic carbocycles. The third-order valence-corrected chi connectivity index (χ3v) is 6.00. The lowest BCUT2D eigenvalue weighted by molar-refractivity contribution is -0.116. The number of nitrogens with zero attached hydrogens (tertiary/aromatic N) is 1. The Bertz CT molecular complexity index is 854. The summed E-state index contributed by atoms with van der Waals surface area (Å²) in [6.07, 6.45) is 2.75. The first-order valence-electron chi connectivity index (χ1n) is 10.9. The van der Waals surface area contributed by atoms with Crippen LogP contribution in [0.3, 0.4) is 0 Å². The van der Waals surface area contributed by atoms with Crippen LogP contribution in [0, 0.1) is 5.92 Å². The van der Waals surface area contributed by atoms with Crippen molar-refractivity contribution in [3.8, 4) is 5.75 Å². The molecule has 2 aliphatic heterocycles. The monoisotopic (exact) mass is 392 g/mol. The lowest BCUT2D eigenvalue weighted by Gasteiger charge is -2.40. The molecule has 1 N–H and O–H groups in total. The van der Waals surface area contributed by atoms with Crippen LogP contribution in [0.2, 0.25) is 0 Å². The number of aryl methyl sites for hydroxylation is 1. The van der Waals surface area contributed by atoms with Crippen LogP contribution < -0.4 is 10.1 Å². The molecule has 4 nitrogen and oxygen atoms in total. The summed E-state index contributed by atoms with van der Waals surface area (Å²) in [5.74, 6) is 2.25. The number of fused-ring (bicyclic) bond motifs is 1. The van der Waals surface area contributed by atoms with Crippen molar-refractivity contribution in [2.24, 2.45) is 5.92 Å². The predicted octanol–water partition coefficient (Wildman–Crippen LogP) is 4.64. The van der Waals surface area contributed by atoms with Gasteiger partial charge in [-0.1, -0.05) is 45.0 Å². The number of hydrogen-bond acceptors (Lipinski definition) is 3. The molecular weight excluding hydrogens is 360 g/mol. The average Bonchev–Trinajstić information content (AvgIpc) is 2.66. The number of amides is 1. The Labute approximate surface area is 174 Å². The van der Waals surface area contributed by atoms with Gasteiger partial charge >= 0.3 is 0 Å². The number of likely N-dealkylation sites (tertiary alicyclic amines) is 1. The topological polar surface area (TPSA) is 41.6 Å². The number of nitrogens with one attached hydrogen (secondary N) is 1. The van der Waals surface area contributed by atoms with Gasteiger partial charge in [-0.05, 0) is 59.6 Å². The van der Waals surface area contributed by atoms with E-state index in [0.29, 0.717) is 18.3 Å². The number of rotatable bonds is 7. The highest BCUT2D eigenvalue weighted by molar-refractivity contribution is 5.93. The first-order chi connectivity index (χ1) is 14.0. The van der Waals surface area contributed by atoms with E-state index >= 15 is 0 Å². The summed E-state index contributed by atoms with van der Waals surface area (Å²) in [6, 6.07) is 15.1. The fraction of sp³-hybridized carbons (Fsp3) is 0.480. The van der Waals surface area contributed by atoms with Crippen LogP contribution in [0.15, 0.2) is 42.5 Å². The molecule has 0 bridgehead atoms. The fourth-order valence-corrected chi connectivity index (χ4v) is 4.32. The maximum absolute atomic E-state index is 11.5. The van der Waals surface area contributed by atoms with Crippen molar-refractivity contribution in [2.45, 2.75) is 52.1 Å². The van der Waals surface area contributed by atoms with E-state index in [4.69, 9.17) is 4.74 Å². The molecule has 4 heteroatoms. The molecule has 0 aromatic heterocycles. The van der Waals surface area contributed by atoms with Crippen molar-refractivity contribution in [2.75, 3.05) is 25.0 Å². The fourth-order valence-electron chi connectivity index (χ4n) is 4.32. The van der Waals surface area contributed by atoms with E-state index in [2.05, 4.69) is 61.3 Å². The van der Waals surface area contributed by atoms with Crippen molar-refractivity contribution in [3.63, 3.8) is 0 Å². The van der Waals surface area contributed by atoms with Gasteiger partial charge < -0.3 is 10.1 Å². The maximum atomic E-state index is 11.5. The van der Waals surface area contributed by atoms with E-state index in [1.54, 1.807) is 0 Å². The smallest absolute Gasteiger partial charge is 0.224 e. The quantitative estimate of drug-likeness (QED) is 0.747. The number of carbonyl (C=O) groups excluding carboxylic acids is 1. The minimum atomic E-state index is 0.103. The molecule has 2 heterocycles. The summed E-state index contributed by atoms with van der Waals surface area (Å²) in [6.45, 7) is 9.91. The van der Waals surface area contributed by atoms with E-state index in [0.717, 1.165) is 43.9 Å². The highest BCUT2D eigenvalue weighted by atomic mass is 16.5. The van der Waals surface area contributed by atoms with Crippen molar-refractivity contribution < 1.29 is 9.53 Å². The van der Waals surface area contributed by atoms with Crippen LogP contribution in [0.25, 0.3) is 0 Å². The number of carbonyl (C=O) groups is 1. The Kier molecular flexibility index (Phi) is 5.91. The third-order valence-electron chi connectivity index (χ3n) is 6.00. The van der Waals surface area contributed by atoms with Gasteiger partial charge in [0.2, 0.25) is 5.91 Å². The molecule has 4 rings (SSSR count). The van der Waals surface area contributed by atoms with Gasteiger partial charge in [-0.3, -0.25) is 9.69 Å². The lowest BCUT2D eigenvalue weighted by Crippen LogP contribution is -2.54. The third kappa shape index (κ3) is 4.99. The van der Waals surface area contributed by atoms with Crippen LogP contribution >= 0.6 is 0 Å². The Balaban J connectivity index is 1.21. The van der Waals surface area contributed by atoms with E-state index < -0.39 is 0 Å². The molecule has 0 saturated carbocycles. The lowest BCUT2D eigenvalue weighted by atomic mass is 9.96. The van der Waals surface area contributed by atoms with Gasteiger partial charge in [0, 0.05) is 31.7 Å². The molecule has 1 atom stereocenters. The number of benzene rings is 2. The number of ether oxygens (including phenoxy) is 1. The van der Waals surface area contributed by atoms with Crippen LogP contribution in [0.1, 0.15) is 49.8 Å². The molecule has 1 unspecified atom stereocenters. The molecule has 2 aromatic rings. The van der Waals surface area contributed by atoms with Gasteiger partial charge in [0.25, 0.3) is 0 Å². The molecule has 0 radical (unpaired) electrons. The van der Waals surface area contributed by atoms with Gasteiger partial charge in [0.15, 0.2) is 0 Å². The molecule has 2 aliphatic rings. The number of anilines is 1. The van der Waals surface area contributed by atoms with E-state index in [9.17, 15) is 4.79 Å².